The number of anilines is 1. The molecule has 0 bridgehead atoms. The van der Waals surface area contributed by atoms with E-state index in [-0.39, 0.29) is 11.8 Å². The van der Waals surface area contributed by atoms with Crippen LogP contribution in [0, 0.1) is 11.8 Å². The van der Waals surface area contributed by atoms with E-state index in [1.807, 2.05) is 12.1 Å². The summed E-state index contributed by atoms with van der Waals surface area (Å²) < 4.78 is 0. The van der Waals surface area contributed by atoms with Gasteiger partial charge in [-0.1, -0.05) is 41.9 Å². The molecule has 29 heavy (non-hydrogen) atoms. The maximum Gasteiger partial charge on any atom is 0.223 e. The van der Waals surface area contributed by atoms with Crippen LogP contribution in [0.5, 0.6) is 0 Å². The SMILES string of the molecule is O=C(NC[C@@H]1CCN(c2ccc(Cl)cc2)C1)C1CCN(Cc2ccccc2)CC1. The van der Waals surface area contributed by atoms with Crippen LogP contribution < -0.4 is 10.2 Å². The van der Waals surface area contributed by atoms with Crippen molar-refractivity contribution in [2.45, 2.75) is 25.8 Å². The van der Waals surface area contributed by atoms with Crippen molar-refractivity contribution >= 4 is 23.2 Å². The second-order valence-electron chi connectivity index (χ2n) is 8.36. The van der Waals surface area contributed by atoms with Gasteiger partial charge in [0.1, 0.15) is 0 Å². The minimum atomic E-state index is 0.163. The second kappa shape index (κ2) is 9.64. The molecule has 0 radical (unpaired) electrons. The molecule has 0 aliphatic carbocycles. The van der Waals surface area contributed by atoms with E-state index < -0.39 is 0 Å². The highest BCUT2D eigenvalue weighted by atomic mass is 35.5. The first-order valence-electron chi connectivity index (χ1n) is 10.7. The number of nitrogens with zero attached hydrogens (tertiary/aromatic N) is 2. The van der Waals surface area contributed by atoms with Gasteiger partial charge in [-0.25, -0.2) is 0 Å². The zero-order valence-electron chi connectivity index (χ0n) is 16.9. The standard InChI is InChI=1S/C24H30ClN3O/c25-22-6-8-23(9-7-22)28-15-10-20(18-28)16-26-24(29)21-11-13-27(14-12-21)17-19-4-2-1-3-5-19/h1-9,20-21H,10-18H2,(H,26,29)/t20-/m0/s1. The largest absolute Gasteiger partial charge is 0.371 e. The van der Waals surface area contributed by atoms with Gasteiger partial charge >= 0.3 is 0 Å². The lowest BCUT2D eigenvalue weighted by Gasteiger charge is -2.31. The molecule has 2 fully saturated rings. The van der Waals surface area contributed by atoms with E-state index in [9.17, 15) is 4.79 Å². The maximum atomic E-state index is 12.7. The highest BCUT2D eigenvalue weighted by Crippen LogP contribution is 2.25. The Morgan fingerprint density at radius 1 is 0.966 bits per heavy atom. The van der Waals surface area contributed by atoms with Crippen LogP contribution in [0.25, 0.3) is 0 Å². The molecular weight excluding hydrogens is 382 g/mol. The Bertz CT molecular complexity index is 788. The molecule has 1 N–H and O–H groups in total. The Labute approximate surface area is 178 Å². The van der Waals surface area contributed by atoms with E-state index in [2.05, 4.69) is 57.6 Å². The zero-order chi connectivity index (χ0) is 20.1. The van der Waals surface area contributed by atoms with Gasteiger partial charge in [0, 0.05) is 42.8 Å². The Balaban J connectivity index is 1.17. The molecule has 0 aromatic heterocycles. The first-order valence-corrected chi connectivity index (χ1v) is 11.1. The normalized spacial score (nSPS) is 20.7. The number of carbonyl (C=O) groups is 1. The van der Waals surface area contributed by atoms with E-state index >= 15 is 0 Å². The fourth-order valence-electron chi connectivity index (χ4n) is 4.47. The molecule has 2 aliphatic rings. The third kappa shape index (κ3) is 5.52. The molecule has 4 nitrogen and oxygen atoms in total. The van der Waals surface area contributed by atoms with Crippen molar-refractivity contribution in [3.63, 3.8) is 0 Å². The molecule has 0 spiro atoms. The average molecular weight is 412 g/mol. The molecule has 5 heteroatoms. The molecule has 0 saturated carbocycles. The molecule has 2 aromatic rings. The first kappa shape index (κ1) is 20.2. The summed E-state index contributed by atoms with van der Waals surface area (Å²) in [5.41, 5.74) is 2.57. The van der Waals surface area contributed by atoms with Crippen LogP contribution in [0.1, 0.15) is 24.8 Å². The van der Waals surface area contributed by atoms with Gasteiger partial charge in [0.05, 0.1) is 0 Å². The van der Waals surface area contributed by atoms with Crippen molar-refractivity contribution in [3.05, 3.63) is 65.2 Å². The lowest BCUT2D eigenvalue weighted by atomic mass is 9.95. The van der Waals surface area contributed by atoms with Gasteiger partial charge < -0.3 is 10.2 Å². The lowest BCUT2D eigenvalue weighted by Crippen LogP contribution is -2.41. The molecule has 2 aromatic carbocycles. The monoisotopic (exact) mass is 411 g/mol. The highest BCUT2D eigenvalue weighted by Gasteiger charge is 2.27. The minimum Gasteiger partial charge on any atom is -0.371 e. The Morgan fingerprint density at radius 2 is 1.69 bits per heavy atom. The van der Waals surface area contributed by atoms with Gasteiger partial charge in [-0.2, -0.15) is 0 Å². The van der Waals surface area contributed by atoms with E-state index in [1.54, 1.807) is 0 Å². The smallest absolute Gasteiger partial charge is 0.223 e. The summed E-state index contributed by atoms with van der Waals surface area (Å²) >= 11 is 5.99. The van der Waals surface area contributed by atoms with Gasteiger partial charge in [0.15, 0.2) is 0 Å². The second-order valence-corrected chi connectivity index (χ2v) is 8.79. The Morgan fingerprint density at radius 3 is 2.41 bits per heavy atom. The number of nitrogens with one attached hydrogen (secondary N) is 1. The number of hydrogen-bond donors (Lipinski definition) is 1. The molecule has 2 heterocycles. The van der Waals surface area contributed by atoms with Crippen LogP contribution in [0.2, 0.25) is 5.02 Å². The van der Waals surface area contributed by atoms with Crippen molar-refractivity contribution in [1.82, 2.24) is 10.2 Å². The Kier molecular flexibility index (Phi) is 6.73. The third-order valence-corrected chi connectivity index (χ3v) is 6.50. The van der Waals surface area contributed by atoms with Crippen molar-refractivity contribution in [2.75, 3.05) is 37.6 Å². The van der Waals surface area contributed by atoms with Crippen LogP contribution in [0.3, 0.4) is 0 Å². The van der Waals surface area contributed by atoms with Crippen molar-refractivity contribution < 1.29 is 4.79 Å². The molecule has 2 saturated heterocycles. The molecule has 0 unspecified atom stereocenters. The van der Waals surface area contributed by atoms with Gasteiger partial charge in [-0.05, 0) is 68.1 Å². The number of halogens is 1. The fourth-order valence-corrected chi connectivity index (χ4v) is 4.60. The predicted octanol–water partition coefficient (Wildman–Crippen LogP) is 4.19. The van der Waals surface area contributed by atoms with Crippen LogP contribution in [0.4, 0.5) is 5.69 Å². The minimum absolute atomic E-state index is 0.163. The summed E-state index contributed by atoms with van der Waals surface area (Å²) in [5.74, 6) is 0.929. The zero-order valence-corrected chi connectivity index (χ0v) is 17.7. The number of rotatable bonds is 6. The molecule has 2 aliphatic heterocycles. The van der Waals surface area contributed by atoms with Crippen LogP contribution in [-0.2, 0) is 11.3 Å². The van der Waals surface area contributed by atoms with Crippen LogP contribution in [0.15, 0.2) is 54.6 Å². The topological polar surface area (TPSA) is 35.6 Å². The van der Waals surface area contributed by atoms with Crippen molar-refractivity contribution in [2.24, 2.45) is 11.8 Å². The van der Waals surface area contributed by atoms with Gasteiger partial charge in [-0.3, -0.25) is 9.69 Å². The molecular formula is C24H30ClN3O. The molecule has 1 atom stereocenters. The van der Waals surface area contributed by atoms with Gasteiger partial charge in [-0.15, -0.1) is 0 Å². The van der Waals surface area contributed by atoms with E-state index in [0.29, 0.717) is 5.92 Å². The number of benzene rings is 2. The lowest BCUT2D eigenvalue weighted by molar-refractivity contribution is -0.126. The number of likely N-dealkylation sites (tertiary alicyclic amines) is 1. The number of piperidine rings is 1. The van der Waals surface area contributed by atoms with Crippen LogP contribution in [-0.4, -0.2) is 43.5 Å². The van der Waals surface area contributed by atoms with Gasteiger partial charge in [0.2, 0.25) is 5.91 Å². The van der Waals surface area contributed by atoms with Crippen molar-refractivity contribution in [3.8, 4) is 0 Å². The maximum absolute atomic E-state index is 12.7. The third-order valence-electron chi connectivity index (χ3n) is 6.25. The number of amides is 1. The summed E-state index contributed by atoms with van der Waals surface area (Å²) in [6.45, 7) is 5.81. The first-order chi connectivity index (χ1) is 14.2. The van der Waals surface area contributed by atoms with E-state index in [4.69, 9.17) is 11.6 Å². The fraction of sp³-hybridized carbons (Fsp3) is 0.458. The molecule has 1 amide bonds. The Hall–Kier alpha value is -2.04. The molecule has 4 rings (SSSR count). The van der Waals surface area contributed by atoms with E-state index in [1.165, 1.54) is 11.3 Å². The predicted molar refractivity (Wildman–Crippen MR) is 119 cm³/mol. The average Bonchev–Trinajstić information content (AvgIpc) is 3.23. The summed E-state index contributed by atoms with van der Waals surface area (Å²) in [4.78, 5) is 17.5. The summed E-state index contributed by atoms with van der Waals surface area (Å²) in [7, 11) is 0. The number of hydrogen-bond acceptors (Lipinski definition) is 3. The summed E-state index contributed by atoms with van der Waals surface area (Å²) in [6.07, 6.45) is 3.04. The highest BCUT2D eigenvalue weighted by molar-refractivity contribution is 6.30. The van der Waals surface area contributed by atoms with Gasteiger partial charge in [0.25, 0.3) is 0 Å². The van der Waals surface area contributed by atoms with Crippen LogP contribution >= 0.6 is 11.6 Å². The summed E-state index contributed by atoms with van der Waals surface area (Å²) in [5, 5.41) is 4.00. The van der Waals surface area contributed by atoms with Crippen molar-refractivity contribution in [1.29, 1.82) is 0 Å². The number of carbonyl (C=O) groups excluding carboxylic acids is 1. The molecule has 154 valence electrons. The quantitative estimate of drug-likeness (QED) is 0.773. The van der Waals surface area contributed by atoms with E-state index in [0.717, 1.165) is 63.6 Å². The summed E-state index contributed by atoms with van der Waals surface area (Å²) in [6, 6.07) is 18.6.